The van der Waals surface area contributed by atoms with Crippen LogP contribution in [0.4, 0.5) is 5.69 Å². The van der Waals surface area contributed by atoms with E-state index in [4.69, 9.17) is 11.6 Å². The van der Waals surface area contributed by atoms with Gasteiger partial charge in [-0.2, -0.15) is 0 Å². The number of hydrogen-bond acceptors (Lipinski definition) is 2. The zero-order chi connectivity index (χ0) is 11.7. The van der Waals surface area contributed by atoms with E-state index in [1.807, 2.05) is 31.2 Å². The minimum Gasteiger partial charge on any atom is -0.312 e. The Morgan fingerprint density at radius 2 is 2.25 bits per heavy atom. The molecule has 0 bridgehead atoms. The molecule has 1 aromatic rings. The van der Waals surface area contributed by atoms with Gasteiger partial charge in [0.2, 0.25) is 11.1 Å². The highest BCUT2D eigenvalue weighted by Crippen LogP contribution is 2.26. The van der Waals surface area contributed by atoms with Crippen LogP contribution in [-0.4, -0.2) is 17.7 Å². The number of carbonyl (C=O) groups is 2. The van der Waals surface area contributed by atoms with Crippen LogP contribution < -0.4 is 4.90 Å². The molecule has 1 heterocycles. The molecule has 4 heteroatoms. The van der Waals surface area contributed by atoms with Crippen LogP contribution in [0.3, 0.4) is 0 Å². The lowest BCUT2D eigenvalue weighted by atomic mass is 10.1. The molecule has 1 amide bonds. The van der Waals surface area contributed by atoms with E-state index in [9.17, 15) is 9.59 Å². The predicted molar refractivity (Wildman–Crippen MR) is 62.5 cm³/mol. The van der Waals surface area contributed by atoms with Crippen LogP contribution in [0.1, 0.15) is 12.0 Å². The highest BCUT2D eigenvalue weighted by molar-refractivity contribution is 6.64. The van der Waals surface area contributed by atoms with Crippen LogP contribution in [0.25, 0.3) is 0 Å². The Balaban J connectivity index is 2.23. The average molecular weight is 238 g/mol. The Kier molecular flexibility index (Phi) is 2.97. The third-order valence-electron chi connectivity index (χ3n) is 2.76. The van der Waals surface area contributed by atoms with E-state index in [1.54, 1.807) is 4.90 Å². The first kappa shape index (κ1) is 11.1. The number of halogens is 1. The van der Waals surface area contributed by atoms with Gasteiger partial charge in [-0.25, -0.2) is 0 Å². The third kappa shape index (κ3) is 2.09. The number of amides is 1. The number of anilines is 1. The Morgan fingerprint density at radius 1 is 1.50 bits per heavy atom. The molecule has 1 aromatic carbocycles. The number of benzene rings is 1. The number of hydrogen-bond donors (Lipinski definition) is 0. The third-order valence-corrected chi connectivity index (χ3v) is 3.07. The summed E-state index contributed by atoms with van der Waals surface area (Å²) in [5, 5.41) is -0.427. The second kappa shape index (κ2) is 4.26. The summed E-state index contributed by atoms with van der Waals surface area (Å²) in [5.74, 6) is -0.403. The maximum atomic E-state index is 11.7. The van der Waals surface area contributed by atoms with Crippen molar-refractivity contribution in [3.05, 3.63) is 29.8 Å². The average Bonchev–Trinajstić information content (AvgIpc) is 2.60. The van der Waals surface area contributed by atoms with Crippen molar-refractivity contribution in [1.82, 2.24) is 0 Å². The van der Waals surface area contributed by atoms with Crippen LogP contribution in [0.2, 0.25) is 0 Å². The van der Waals surface area contributed by atoms with Crippen molar-refractivity contribution in [2.75, 3.05) is 11.4 Å². The summed E-state index contributed by atoms with van der Waals surface area (Å²) in [6.07, 6.45) is 0.219. The second-order valence-corrected chi connectivity index (χ2v) is 4.42. The Labute approximate surface area is 99.0 Å². The van der Waals surface area contributed by atoms with Crippen LogP contribution in [0, 0.1) is 12.8 Å². The zero-order valence-electron chi connectivity index (χ0n) is 8.94. The molecular formula is C12H12ClNO2. The normalized spacial score (nSPS) is 20.2. The van der Waals surface area contributed by atoms with Gasteiger partial charge in [0.15, 0.2) is 0 Å². The summed E-state index contributed by atoms with van der Waals surface area (Å²) in [6, 6.07) is 7.66. The summed E-state index contributed by atoms with van der Waals surface area (Å²) in [7, 11) is 0. The van der Waals surface area contributed by atoms with E-state index in [0.29, 0.717) is 6.54 Å². The Bertz CT molecular complexity index is 444. The summed E-state index contributed by atoms with van der Waals surface area (Å²) in [4.78, 5) is 24.4. The summed E-state index contributed by atoms with van der Waals surface area (Å²) in [6.45, 7) is 2.36. The molecule has 0 spiro atoms. The summed E-state index contributed by atoms with van der Waals surface area (Å²) >= 11 is 5.42. The van der Waals surface area contributed by atoms with Gasteiger partial charge in [0, 0.05) is 18.7 Å². The molecule has 1 saturated heterocycles. The van der Waals surface area contributed by atoms with Crippen LogP contribution >= 0.6 is 11.6 Å². The molecule has 1 fully saturated rings. The molecule has 1 atom stereocenters. The van der Waals surface area contributed by atoms with Gasteiger partial charge in [-0.1, -0.05) is 12.1 Å². The number of carbonyl (C=O) groups excluding carboxylic acids is 2. The molecule has 0 saturated carbocycles. The second-order valence-electron chi connectivity index (χ2n) is 4.05. The number of aryl methyl sites for hydroxylation is 1. The van der Waals surface area contributed by atoms with Gasteiger partial charge in [-0.05, 0) is 36.2 Å². The molecule has 16 heavy (non-hydrogen) atoms. The van der Waals surface area contributed by atoms with E-state index in [1.165, 1.54) is 0 Å². The van der Waals surface area contributed by atoms with Gasteiger partial charge in [0.05, 0.1) is 5.92 Å². The van der Waals surface area contributed by atoms with Crippen molar-refractivity contribution in [2.45, 2.75) is 13.3 Å². The molecule has 3 nitrogen and oxygen atoms in total. The number of rotatable bonds is 2. The lowest BCUT2D eigenvalue weighted by molar-refractivity contribution is -0.120. The summed E-state index contributed by atoms with van der Waals surface area (Å²) < 4.78 is 0. The fraction of sp³-hybridized carbons (Fsp3) is 0.333. The lowest BCUT2D eigenvalue weighted by Gasteiger charge is -2.16. The first-order valence-corrected chi connectivity index (χ1v) is 5.52. The van der Waals surface area contributed by atoms with E-state index < -0.39 is 5.24 Å². The molecule has 0 N–H and O–H groups in total. The molecule has 1 aliphatic heterocycles. The Morgan fingerprint density at radius 3 is 2.81 bits per heavy atom. The predicted octanol–water partition coefficient (Wildman–Crippen LogP) is 2.11. The van der Waals surface area contributed by atoms with Gasteiger partial charge >= 0.3 is 0 Å². The van der Waals surface area contributed by atoms with E-state index >= 15 is 0 Å². The van der Waals surface area contributed by atoms with Crippen molar-refractivity contribution in [3.63, 3.8) is 0 Å². The molecule has 0 unspecified atom stereocenters. The maximum Gasteiger partial charge on any atom is 0.227 e. The smallest absolute Gasteiger partial charge is 0.227 e. The minimum absolute atomic E-state index is 0.0374. The van der Waals surface area contributed by atoms with Gasteiger partial charge in [0.1, 0.15) is 0 Å². The standard InChI is InChI=1S/C12H12ClNO2/c1-8-3-2-4-10(5-8)14-7-9(12(13)16)6-11(14)15/h2-5,9H,6-7H2,1H3/t9-/m0/s1. The molecule has 1 aliphatic rings. The largest absolute Gasteiger partial charge is 0.312 e. The first-order chi connectivity index (χ1) is 7.58. The van der Waals surface area contributed by atoms with Crippen molar-refractivity contribution < 1.29 is 9.59 Å². The van der Waals surface area contributed by atoms with Gasteiger partial charge < -0.3 is 4.90 Å². The molecule has 0 aliphatic carbocycles. The molecule has 84 valence electrons. The van der Waals surface area contributed by atoms with Gasteiger partial charge in [0.25, 0.3) is 0 Å². The van der Waals surface area contributed by atoms with Gasteiger partial charge in [-0.3, -0.25) is 9.59 Å². The van der Waals surface area contributed by atoms with E-state index in [0.717, 1.165) is 11.3 Å². The number of nitrogens with zero attached hydrogens (tertiary/aromatic N) is 1. The molecular weight excluding hydrogens is 226 g/mol. The SMILES string of the molecule is Cc1cccc(N2C[C@@H](C(=O)Cl)CC2=O)c1. The van der Waals surface area contributed by atoms with Crippen molar-refractivity contribution >= 4 is 28.4 Å². The van der Waals surface area contributed by atoms with E-state index in [-0.39, 0.29) is 18.2 Å². The highest BCUT2D eigenvalue weighted by Gasteiger charge is 2.34. The molecule has 0 aromatic heterocycles. The fourth-order valence-corrected chi connectivity index (χ4v) is 2.05. The van der Waals surface area contributed by atoms with Crippen LogP contribution in [0.15, 0.2) is 24.3 Å². The van der Waals surface area contributed by atoms with Crippen molar-refractivity contribution in [1.29, 1.82) is 0 Å². The van der Waals surface area contributed by atoms with Gasteiger partial charge in [-0.15, -0.1) is 0 Å². The van der Waals surface area contributed by atoms with E-state index in [2.05, 4.69) is 0 Å². The van der Waals surface area contributed by atoms with Crippen molar-refractivity contribution in [2.24, 2.45) is 5.92 Å². The Hall–Kier alpha value is -1.35. The van der Waals surface area contributed by atoms with Crippen molar-refractivity contribution in [3.8, 4) is 0 Å². The highest BCUT2D eigenvalue weighted by atomic mass is 35.5. The lowest BCUT2D eigenvalue weighted by Crippen LogP contribution is -2.25. The molecule has 0 radical (unpaired) electrons. The summed E-state index contributed by atoms with van der Waals surface area (Å²) in [5.41, 5.74) is 1.93. The maximum absolute atomic E-state index is 11.7. The fourth-order valence-electron chi connectivity index (χ4n) is 1.91. The van der Waals surface area contributed by atoms with Crippen LogP contribution in [0.5, 0.6) is 0 Å². The first-order valence-electron chi connectivity index (χ1n) is 5.14. The minimum atomic E-state index is -0.427. The topological polar surface area (TPSA) is 37.4 Å². The monoisotopic (exact) mass is 237 g/mol. The zero-order valence-corrected chi connectivity index (χ0v) is 9.70. The molecule has 2 rings (SSSR count). The van der Waals surface area contributed by atoms with Crippen LogP contribution in [-0.2, 0) is 9.59 Å². The quantitative estimate of drug-likeness (QED) is 0.739.